The van der Waals surface area contributed by atoms with Gasteiger partial charge in [-0.25, -0.2) is 0 Å². The van der Waals surface area contributed by atoms with E-state index in [1.165, 1.54) is 5.56 Å². The van der Waals surface area contributed by atoms with Crippen molar-refractivity contribution in [2.24, 2.45) is 0 Å². The van der Waals surface area contributed by atoms with Gasteiger partial charge in [-0.15, -0.1) is 0 Å². The molecule has 2 N–H and O–H groups in total. The Labute approximate surface area is 112 Å². The quantitative estimate of drug-likeness (QED) is 0.895. The van der Waals surface area contributed by atoms with Crippen LogP contribution in [-0.2, 0) is 19.3 Å². The third kappa shape index (κ3) is 1.95. The summed E-state index contributed by atoms with van der Waals surface area (Å²) < 4.78 is 1.82. The number of aromatic nitrogens is 1. The molecule has 98 valence electrons. The Morgan fingerprint density at radius 3 is 2.63 bits per heavy atom. The van der Waals surface area contributed by atoms with Crippen molar-refractivity contribution in [1.29, 1.82) is 0 Å². The van der Waals surface area contributed by atoms with Gasteiger partial charge >= 0.3 is 0 Å². The van der Waals surface area contributed by atoms with Crippen molar-refractivity contribution < 1.29 is 0 Å². The second-order valence-corrected chi connectivity index (χ2v) is 5.07. The number of nitrogens with zero attached hydrogens (tertiary/aromatic N) is 1. The summed E-state index contributed by atoms with van der Waals surface area (Å²) in [6.07, 6.45) is 4.00. The highest BCUT2D eigenvalue weighted by Gasteiger charge is 2.19. The van der Waals surface area contributed by atoms with Crippen molar-refractivity contribution in [3.63, 3.8) is 0 Å². The van der Waals surface area contributed by atoms with E-state index >= 15 is 0 Å². The molecule has 0 atom stereocenters. The van der Waals surface area contributed by atoms with Gasteiger partial charge in [-0.2, -0.15) is 0 Å². The Morgan fingerprint density at radius 1 is 1.21 bits per heavy atom. The summed E-state index contributed by atoms with van der Waals surface area (Å²) in [5, 5.41) is 0. The molecule has 0 unspecified atom stereocenters. The van der Waals surface area contributed by atoms with E-state index in [0.29, 0.717) is 5.69 Å². The van der Waals surface area contributed by atoms with Crippen LogP contribution in [0.5, 0.6) is 0 Å². The van der Waals surface area contributed by atoms with Crippen LogP contribution in [0.15, 0.2) is 35.1 Å². The highest BCUT2D eigenvalue weighted by molar-refractivity contribution is 5.53. The minimum atomic E-state index is -0.0256. The van der Waals surface area contributed by atoms with E-state index in [-0.39, 0.29) is 5.56 Å². The largest absolute Gasteiger partial charge is 0.398 e. The predicted octanol–water partition coefficient (Wildman–Crippen LogP) is 2.47. The first kappa shape index (κ1) is 12.0. The molecule has 19 heavy (non-hydrogen) atoms. The molecule has 3 rings (SSSR count). The number of nitrogens with two attached hydrogens (primary N) is 1. The molecular formula is C16H18N2O. The Kier molecular flexibility index (Phi) is 2.90. The van der Waals surface area contributed by atoms with Crippen LogP contribution < -0.4 is 11.3 Å². The molecule has 0 spiro atoms. The molecule has 0 saturated carbocycles. The second kappa shape index (κ2) is 4.57. The van der Waals surface area contributed by atoms with Gasteiger partial charge in [-0.05, 0) is 48.9 Å². The van der Waals surface area contributed by atoms with Gasteiger partial charge in [-0.3, -0.25) is 9.36 Å². The molecule has 3 nitrogen and oxygen atoms in total. The van der Waals surface area contributed by atoms with Gasteiger partial charge in [-0.1, -0.05) is 19.1 Å². The fraction of sp³-hybridized carbons (Fsp3) is 0.312. The molecule has 1 aromatic heterocycles. The maximum atomic E-state index is 12.2. The topological polar surface area (TPSA) is 48.0 Å². The molecule has 3 heteroatoms. The molecule has 0 radical (unpaired) electrons. The van der Waals surface area contributed by atoms with Gasteiger partial charge in [0.1, 0.15) is 0 Å². The molecule has 1 aliphatic carbocycles. The van der Waals surface area contributed by atoms with Crippen molar-refractivity contribution in [3.8, 4) is 5.69 Å². The number of hydrogen-bond donors (Lipinski definition) is 1. The number of pyridine rings is 1. The summed E-state index contributed by atoms with van der Waals surface area (Å²) in [5.41, 5.74) is 11.0. The minimum Gasteiger partial charge on any atom is -0.398 e. The van der Waals surface area contributed by atoms with Gasteiger partial charge in [0.05, 0.1) is 0 Å². The van der Waals surface area contributed by atoms with Crippen LogP contribution in [0.2, 0.25) is 0 Å². The fourth-order valence-corrected chi connectivity index (χ4v) is 2.87. The maximum absolute atomic E-state index is 12.2. The number of nitrogen functional groups attached to an aromatic ring is 1. The van der Waals surface area contributed by atoms with Crippen LogP contribution in [0.4, 0.5) is 5.69 Å². The van der Waals surface area contributed by atoms with Crippen molar-refractivity contribution in [2.45, 2.75) is 32.6 Å². The summed E-state index contributed by atoms with van der Waals surface area (Å²) in [7, 11) is 0. The van der Waals surface area contributed by atoms with E-state index in [0.717, 1.165) is 42.6 Å². The lowest BCUT2D eigenvalue weighted by molar-refractivity contribution is 0.851. The first-order chi connectivity index (χ1) is 9.20. The van der Waals surface area contributed by atoms with Crippen molar-refractivity contribution in [2.75, 3.05) is 5.73 Å². The highest BCUT2D eigenvalue weighted by atomic mass is 16.1. The van der Waals surface area contributed by atoms with E-state index in [1.807, 2.05) is 16.7 Å². The van der Waals surface area contributed by atoms with E-state index in [1.54, 1.807) is 6.07 Å². The number of benzene rings is 1. The second-order valence-electron chi connectivity index (χ2n) is 5.07. The molecular weight excluding hydrogens is 236 g/mol. The summed E-state index contributed by atoms with van der Waals surface area (Å²) in [6, 6.07) is 9.76. The fourth-order valence-electron chi connectivity index (χ4n) is 2.87. The van der Waals surface area contributed by atoms with Crippen molar-refractivity contribution >= 4 is 5.69 Å². The molecule has 1 aliphatic rings. The Balaban J connectivity index is 2.19. The third-order valence-corrected chi connectivity index (χ3v) is 3.91. The number of hydrogen-bond acceptors (Lipinski definition) is 2. The summed E-state index contributed by atoms with van der Waals surface area (Å²) in [6.45, 7) is 2.13. The van der Waals surface area contributed by atoms with Crippen LogP contribution in [0, 0.1) is 0 Å². The average Bonchev–Trinajstić information content (AvgIpc) is 2.89. The van der Waals surface area contributed by atoms with Crippen LogP contribution >= 0.6 is 0 Å². The van der Waals surface area contributed by atoms with E-state index in [2.05, 4.69) is 19.1 Å². The van der Waals surface area contributed by atoms with Crippen LogP contribution in [0.1, 0.15) is 30.2 Å². The zero-order chi connectivity index (χ0) is 13.4. The van der Waals surface area contributed by atoms with E-state index < -0.39 is 0 Å². The molecule has 0 bridgehead atoms. The van der Waals surface area contributed by atoms with Gasteiger partial charge in [0, 0.05) is 23.1 Å². The molecule has 0 saturated heterocycles. The minimum absolute atomic E-state index is 0.0256. The number of aryl methyl sites for hydroxylation is 1. The number of fused-ring (bicyclic) bond motifs is 1. The monoisotopic (exact) mass is 254 g/mol. The lowest BCUT2D eigenvalue weighted by Gasteiger charge is -2.14. The summed E-state index contributed by atoms with van der Waals surface area (Å²) in [4.78, 5) is 12.2. The first-order valence-electron chi connectivity index (χ1n) is 6.83. The zero-order valence-electron chi connectivity index (χ0n) is 11.1. The van der Waals surface area contributed by atoms with Crippen molar-refractivity contribution in [1.82, 2.24) is 4.57 Å². The van der Waals surface area contributed by atoms with Gasteiger partial charge in [0.25, 0.3) is 5.56 Å². The first-order valence-corrected chi connectivity index (χ1v) is 6.83. The zero-order valence-corrected chi connectivity index (χ0v) is 11.1. The molecule has 0 fully saturated rings. The normalized spacial score (nSPS) is 13.5. The lowest BCUT2D eigenvalue weighted by Crippen LogP contribution is -2.22. The smallest absolute Gasteiger partial charge is 0.257 e. The van der Waals surface area contributed by atoms with Crippen molar-refractivity contribution in [3.05, 3.63) is 57.5 Å². The number of anilines is 1. The van der Waals surface area contributed by atoms with Crippen LogP contribution in [-0.4, -0.2) is 4.57 Å². The molecule has 1 aromatic carbocycles. The average molecular weight is 254 g/mol. The Hall–Kier alpha value is -2.03. The Bertz CT molecular complexity index is 668. The molecule has 0 aliphatic heterocycles. The maximum Gasteiger partial charge on any atom is 0.257 e. The summed E-state index contributed by atoms with van der Waals surface area (Å²) in [5.74, 6) is 0. The van der Waals surface area contributed by atoms with E-state index in [4.69, 9.17) is 5.73 Å². The van der Waals surface area contributed by atoms with Gasteiger partial charge in [0.15, 0.2) is 0 Å². The lowest BCUT2D eigenvalue weighted by atomic mass is 10.1. The molecule has 2 aromatic rings. The number of rotatable bonds is 2. The standard InChI is InChI=1S/C16H18N2O/c1-2-11-6-8-12(9-7-11)18-15-5-3-4-13(15)14(17)10-16(18)19/h6-10H,2-5,17H2,1H3. The SMILES string of the molecule is CCc1ccc(-n2c3c(c(N)cc2=O)CCC3)cc1. The van der Waals surface area contributed by atoms with Gasteiger partial charge in [0.2, 0.25) is 0 Å². The van der Waals surface area contributed by atoms with E-state index in [9.17, 15) is 4.79 Å². The van der Waals surface area contributed by atoms with Crippen LogP contribution in [0.25, 0.3) is 5.69 Å². The Morgan fingerprint density at radius 2 is 1.95 bits per heavy atom. The third-order valence-electron chi connectivity index (χ3n) is 3.91. The molecule has 0 amide bonds. The summed E-state index contributed by atoms with van der Waals surface area (Å²) >= 11 is 0. The van der Waals surface area contributed by atoms with Gasteiger partial charge < -0.3 is 5.73 Å². The van der Waals surface area contributed by atoms with Crippen LogP contribution in [0.3, 0.4) is 0 Å². The predicted molar refractivity (Wildman–Crippen MR) is 77.9 cm³/mol. The molecule has 1 heterocycles. The highest BCUT2D eigenvalue weighted by Crippen LogP contribution is 2.27.